The number of nitrogens with one attached hydrogen (secondary N) is 1. The summed E-state index contributed by atoms with van der Waals surface area (Å²) in [5.41, 5.74) is 0.731. The van der Waals surface area contributed by atoms with Crippen LogP contribution in [0.4, 0.5) is 0 Å². The van der Waals surface area contributed by atoms with Gasteiger partial charge in [0.1, 0.15) is 5.75 Å². The van der Waals surface area contributed by atoms with E-state index in [2.05, 4.69) is 5.32 Å². The third kappa shape index (κ3) is 2.52. The van der Waals surface area contributed by atoms with Crippen molar-refractivity contribution in [3.05, 3.63) is 29.8 Å². The number of amides is 1. The molecule has 4 heteroatoms. The Kier molecular flexibility index (Phi) is 3.41. The van der Waals surface area contributed by atoms with Gasteiger partial charge in [-0.25, -0.2) is 0 Å². The summed E-state index contributed by atoms with van der Waals surface area (Å²) >= 11 is 0. The number of hydrogen-bond donors (Lipinski definition) is 2. The fourth-order valence-corrected chi connectivity index (χ4v) is 1.73. The van der Waals surface area contributed by atoms with E-state index in [0.29, 0.717) is 19.8 Å². The van der Waals surface area contributed by atoms with Crippen LogP contribution >= 0.6 is 0 Å². The van der Waals surface area contributed by atoms with Crippen molar-refractivity contribution in [3.8, 4) is 5.75 Å². The Morgan fingerprint density at radius 2 is 2.31 bits per heavy atom. The predicted molar refractivity (Wildman–Crippen MR) is 58.9 cm³/mol. The number of aromatic hydroxyl groups is 1. The van der Waals surface area contributed by atoms with E-state index in [0.717, 1.165) is 12.0 Å². The van der Waals surface area contributed by atoms with Gasteiger partial charge in [0.2, 0.25) is 5.91 Å². The van der Waals surface area contributed by atoms with Gasteiger partial charge >= 0.3 is 0 Å². The van der Waals surface area contributed by atoms with Crippen molar-refractivity contribution in [3.63, 3.8) is 0 Å². The lowest BCUT2D eigenvalue weighted by atomic mass is 10.1. The Labute approximate surface area is 94.2 Å². The number of carbonyl (C=O) groups is 1. The van der Waals surface area contributed by atoms with E-state index >= 15 is 0 Å². The molecule has 1 aromatic carbocycles. The maximum Gasteiger partial charge on any atom is 0.225 e. The first kappa shape index (κ1) is 11.0. The van der Waals surface area contributed by atoms with Crippen LogP contribution in [0.25, 0.3) is 0 Å². The molecule has 16 heavy (non-hydrogen) atoms. The van der Waals surface area contributed by atoms with Gasteiger partial charge in [0.15, 0.2) is 0 Å². The summed E-state index contributed by atoms with van der Waals surface area (Å²) in [7, 11) is 0. The van der Waals surface area contributed by atoms with Crippen molar-refractivity contribution >= 4 is 5.91 Å². The molecule has 1 unspecified atom stereocenters. The molecule has 1 aliphatic rings. The monoisotopic (exact) mass is 221 g/mol. The second-order valence-corrected chi connectivity index (χ2v) is 3.91. The third-order valence-electron chi connectivity index (χ3n) is 2.75. The first-order chi connectivity index (χ1) is 7.77. The van der Waals surface area contributed by atoms with E-state index in [-0.39, 0.29) is 17.6 Å². The predicted octanol–water partition coefficient (Wildman–Crippen LogP) is 1.04. The molecule has 0 bridgehead atoms. The highest BCUT2D eigenvalue weighted by molar-refractivity contribution is 5.79. The summed E-state index contributed by atoms with van der Waals surface area (Å²) < 4.78 is 5.14. The summed E-state index contributed by atoms with van der Waals surface area (Å²) in [6, 6.07) is 6.99. The average molecular weight is 221 g/mol. The van der Waals surface area contributed by atoms with E-state index in [1.165, 1.54) is 0 Å². The Morgan fingerprint density at radius 3 is 3.00 bits per heavy atom. The van der Waals surface area contributed by atoms with Crippen molar-refractivity contribution in [1.82, 2.24) is 5.32 Å². The van der Waals surface area contributed by atoms with Gasteiger partial charge < -0.3 is 15.2 Å². The molecule has 86 valence electrons. The smallest absolute Gasteiger partial charge is 0.225 e. The van der Waals surface area contributed by atoms with Crippen LogP contribution in [0.3, 0.4) is 0 Å². The summed E-state index contributed by atoms with van der Waals surface area (Å²) in [5, 5.41) is 12.3. The van der Waals surface area contributed by atoms with Crippen LogP contribution in [0.5, 0.6) is 5.75 Å². The molecule has 1 amide bonds. The maximum atomic E-state index is 11.7. The lowest BCUT2D eigenvalue weighted by Gasteiger charge is -2.10. The van der Waals surface area contributed by atoms with Gasteiger partial charge in [-0.1, -0.05) is 18.2 Å². The van der Waals surface area contributed by atoms with Crippen LogP contribution in [-0.4, -0.2) is 24.2 Å². The van der Waals surface area contributed by atoms with Crippen molar-refractivity contribution < 1.29 is 14.6 Å². The minimum Gasteiger partial charge on any atom is -0.508 e. The average Bonchev–Trinajstić information content (AvgIpc) is 2.81. The lowest BCUT2D eigenvalue weighted by Crippen LogP contribution is -2.30. The molecule has 1 heterocycles. The minimum absolute atomic E-state index is 0.000697. The fourth-order valence-electron chi connectivity index (χ4n) is 1.73. The lowest BCUT2D eigenvalue weighted by molar-refractivity contribution is -0.125. The van der Waals surface area contributed by atoms with E-state index < -0.39 is 0 Å². The molecule has 1 fully saturated rings. The highest BCUT2D eigenvalue weighted by atomic mass is 16.5. The summed E-state index contributed by atoms with van der Waals surface area (Å²) in [6.07, 6.45) is 0.784. The minimum atomic E-state index is -0.0362. The topological polar surface area (TPSA) is 58.6 Å². The van der Waals surface area contributed by atoms with Crippen molar-refractivity contribution in [2.24, 2.45) is 5.92 Å². The van der Waals surface area contributed by atoms with E-state index in [9.17, 15) is 9.90 Å². The zero-order valence-electron chi connectivity index (χ0n) is 8.98. The van der Waals surface area contributed by atoms with Gasteiger partial charge in [0.25, 0.3) is 0 Å². The Balaban J connectivity index is 1.87. The van der Waals surface area contributed by atoms with Crippen molar-refractivity contribution in [2.75, 3.05) is 13.2 Å². The summed E-state index contributed by atoms with van der Waals surface area (Å²) in [5.74, 6) is 0.178. The van der Waals surface area contributed by atoms with Gasteiger partial charge in [-0.15, -0.1) is 0 Å². The van der Waals surface area contributed by atoms with Gasteiger partial charge in [-0.3, -0.25) is 4.79 Å². The highest BCUT2D eigenvalue weighted by Crippen LogP contribution is 2.16. The Morgan fingerprint density at radius 1 is 1.50 bits per heavy atom. The number of para-hydroxylation sites is 1. The number of hydrogen-bond acceptors (Lipinski definition) is 3. The summed E-state index contributed by atoms with van der Waals surface area (Å²) in [4.78, 5) is 11.7. The molecule has 1 saturated heterocycles. The quantitative estimate of drug-likeness (QED) is 0.802. The van der Waals surface area contributed by atoms with Gasteiger partial charge in [-0.2, -0.15) is 0 Å². The van der Waals surface area contributed by atoms with Crippen LogP contribution in [0.2, 0.25) is 0 Å². The molecule has 2 rings (SSSR count). The molecule has 1 atom stereocenters. The molecule has 0 saturated carbocycles. The van der Waals surface area contributed by atoms with Crippen LogP contribution < -0.4 is 5.32 Å². The second kappa shape index (κ2) is 4.99. The molecule has 4 nitrogen and oxygen atoms in total. The first-order valence-corrected chi connectivity index (χ1v) is 5.39. The number of carbonyl (C=O) groups excluding carboxylic acids is 1. The molecule has 0 aliphatic carbocycles. The van der Waals surface area contributed by atoms with Gasteiger partial charge in [0, 0.05) is 18.7 Å². The Bertz CT molecular complexity index is 372. The molecular formula is C12H15NO3. The molecule has 0 radical (unpaired) electrons. The standard InChI is InChI=1S/C12H15NO3/c14-11-4-2-1-3-9(11)7-13-12(15)10-5-6-16-8-10/h1-4,10,14H,5-8H2,(H,13,15). The van der Waals surface area contributed by atoms with Crippen molar-refractivity contribution in [2.45, 2.75) is 13.0 Å². The van der Waals surface area contributed by atoms with Crippen LogP contribution in [0.1, 0.15) is 12.0 Å². The van der Waals surface area contributed by atoms with E-state index in [1.807, 2.05) is 6.07 Å². The number of phenols is 1. The van der Waals surface area contributed by atoms with Crippen LogP contribution in [0.15, 0.2) is 24.3 Å². The molecular weight excluding hydrogens is 206 g/mol. The van der Waals surface area contributed by atoms with E-state index in [1.54, 1.807) is 18.2 Å². The molecule has 0 spiro atoms. The largest absolute Gasteiger partial charge is 0.508 e. The number of rotatable bonds is 3. The molecule has 2 N–H and O–H groups in total. The van der Waals surface area contributed by atoms with Gasteiger partial charge in [0.05, 0.1) is 12.5 Å². The number of benzene rings is 1. The van der Waals surface area contributed by atoms with E-state index in [4.69, 9.17) is 4.74 Å². The zero-order valence-corrected chi connectivity index (χ0v) is 8.98. The number of phenolic OH excluding ortho intramolecular Hbond substituents is 1. The highest BCUT2D eigenvalue weighted by Gasteiger charge is 2.23. The molecule has 1 aliphatic heterocycles. The second-order valence-electron chi connectivity index (χ2n) is 3.91. The van der Waals surface area contributed by atoms with Crippen molar-refractivity contribution in [1.29, 1.82) is 0 Å². The number of ether oxygens (including phenoxy) is 1. The van der Waals surface area contributed by atoms with Crippen LogP contribution in [-0.2, 0) is 16.1 Å². The third-order valence-corrected chi connectivity index (χ3v) is 2.75. The summed E-state index contributed by atoms with van der Waals surface area (Å²) in [6.45, 7) is 1.53. The Hall–Kier alpha value is -1.55. The molecule has 1 aromatic rings. The van der Waals surface area contributed by atoms with Crippen LogP contribution in [0, 0.1) is 5.92 Å². The first-order valence-electron chi connectivity index (χ1n) is 5.39. The normalized spacial score (nSPS) is 19.6. The zero-order chi connectivity index (χ0) is 11.4. The van der Waals surface area contributed by atoms with Gasteiger partial charge in [-0.05, 0) is 12.5 Å². The molecule has 0 aromatic heterocycles. The maximum absolute atomic E-state index is 11.7. The fraction of sp³-hybridized carbons (Fsp3) is 0.417. The SMILES string of the molecule is O=C(NCc1ccccc1O)C1CCOC1.